The van der Waals surface area contributed by atoms with Gasteiger partial charge in [0.1, 0.15) is 10.9 Å². The number of amidine groups is 1. The van der Waals surface area contributed by atoms with Gasteiger partial charge in [0.05, 0.1) is 11.8 Å². The van der Waals surface area contributed by atoms with Crippen molar-refractivity contribution in [3.63, 3.8) is 0 Å². The molecule has 2 rings (SSSR count). The molecular weight excluding hydrogens is 242 g/mol. The van der Waals surface area contributed by atoms with Crippen LogP contribution in [0.1, 0.15) is 11.3 Å². The third-order valence-corrected chi connectivity index (χ3v) is 3.81. The highest BCUT2D eigenvalue weighted by Crippen LogP contribution is 2.30. The van der Waals surface area contributed by atoms with Gasteiger partial charge in [-0.1, -0.05) is 0 Å². The van der Waals surface area contributed by atoms with Crippen molar-refractivity contribution in [2.24, 2.45) is 5.73 Å². The Kier molecular flexibility index (Phi) is 3.16. The lowest BCUT2D eigenvalue weighted by molar-refractivity contribution is 0.920. The monoisotopic (exact) mass is 251 g/mol. The first-order valence-corrected chi connectivity index (χ1v) is 6.12. The fourth-order valence-corrected chi connectivity index (χ4v) is 2.89. The third kappa shape index (κ3) is 2.37. The molecule has 0 saturated heterocycles. The molecule has 0 atom stereocenters. The van der Waals surface area contributed by atoms with Crippen LogP contribution in [0.3, 0.4) is 0 Å². The Morgan fingerprint density at radius 3 is 3.00 bits per heavy atom. The second-order valence-corrected chi connectivity index (χ2v) is 5.11. The Hall–Kier alpha value is -1.47. The van der Waals surface area contributed by atoms with Gasteiger partial charge in [-0.25, -0.2) is 4.98 Å². The number of rotatable bonds is 3. The van der Waals surface area contributed by atoms with E-state index in [9.17, 15) is 0 Å². The molecule has 5 nitrogen and oxygen atoms in total. The van der Waals surface area contributed by atoms with E-state index in [1.807, 2.05) is 12.3 Å². The summed E-state index contributed by atoms with van der Waals surface area (Å²) in [4.78, 5) is 4.31. The highest BCUT2D eigenvalue weighted by atomic mass is 32.2. The van der Waals surface area contributed by atoms with Crippen molar-refractivity contribution in [3.8, 4) is 0 Å². The Balaban J connectivity index is 2.31. The molecule has 2 aromatic heterocycles. The highest BCUT2D eigenvalue weighted by Gasteiger charge is 2.10. The molecule has 0 aliphatic carbocycles. The molecule has 16 heavy (non-hydrogen) atoms. The maximum Gasteiger partial charge on any atom is 0.156 e. The second kappa shape index (κ2) is 4.58. The van der Waals surface area contributed by atoms with Crippen LogP contribution in [0.15, 0.2) is 27.0 Å². The quantitative estimate of drug-likeness (QED) is 0.640. The van der Waals surface area contributed by atoms with Gasteiger partial charge >= 0.3 is 0 Å². The number of nitrogens with one attached hydrogen (secondary N) is 1. The molecule has 0 saturated carbocycles. The molecule has 0 bridgehead atoms. The van der Waals surface area contributed by atoms with Crippen LogP contribution < -0.4 is 5.73 Å². The number of thiazole rings is 1. The molecule has 2 aromatic rings. The average molecular weight is 251 g/mol. The molecule has 0 aromatic carbocycles. The molecule has 0 spiro atoms. The van der Waals surface area contributed by atoms with Crippen molar-refractivity contribution < 1.29 is 0 Å². The van der Waals surface area contributed by atoms with Crippen molar-refractivity contribution in [1.82, 2.24) is 15.2 Å². The minimum Gasteiger partial charge on any atom is -0.384 e. The summed E-state index contributed by atoms with van der Waals surface area (Å²) in [5.74, 6) is -0.00863. The van der Waals surface area contributed by atoms with Crippen LogP contribution in [-0.4, -0.2) is 21.0 Å². The van der Waals surface area contributed by atoms with E-state index >= 15 is 0 Å². The van der Waals surface area contributed by atoms with Crippen molar-refractivity contribution in [2.45, 2.75) is 16.3 Å². The molecule has 82 valence electrons. The number of hydrogen-bond donors (Lipinski definition) is 2. The molecule has 2 heterocycles. The van der Waals surface area contributed by atoms with Gasteiger partial charge in [0.2, 0.25) is 0 Å². The zero-order chi connectivity index (χ0) is 11.5. The third-order valence-electron chi connectivity index (χ3n) is 1.76. The van der Waals surface area contributed by atoms with Crippen LogP contribution >= 0.6 is 23.1 Å². The van der Waals surface area contributed by atoms with Gasteiger partial charge < -0.3 is 5.73 Å². The van der Waals surface area contributed by atoms with Gasteiger partial charge in [-0.05, 0) is 24.8 Å². The van der Waals surface area contributed by atoms with E-state index in [4.69, 9.17) is 11.1 Å². The van der Waals surface area contributed by atoms with Crippen LogP contribution in [0, 0.1) is 12.3 Å². The topological polar surface area (TPSA) is 88.5 Å². The SMILES string of the molecule is Cc1csc(Sc2nnccc2C(=N)N)n1. The molecule has 3 N–H and O–H groups in total. The lowest BCUT2D eigenvalue weighted by atomic mass is 10.3. The van der Waals surface area contributed by atoms with Crippen LogP contribution in [0.2, 0.25) is 0 Å². The molecule has 0 unspecified atom stereocenters. The van der Waals surface area contributed by atoms with E-state index in [-0.39, 0.29) is 5.84 Å². The first-order valence-electron chi connectivity index (χ1n) is 4.43. The summed E-state index contributed by atoms with van der Waals surface area (Å²) in [5, 5.41) is 17.8. The molecule has 0 aliphatic heterocycles. The maximum absolute atomic E-state index is 7.43. The van der Waals surface area contributed by atoms with Gasteiger partial charge in [0, 0.05) is 11.1 Å². The Morgan fingerprint density at radius 1 is 1.56 bits per heavy atom. The zero-order valence-corrected chi connectivity index (χ0v) is 10.1. The van der Waals surface area contributed by atoms with Crippen molar-refractivity contribution in [1.29, 1.82) is 5.41 Å². The Bertz CT molecular complexity index is 522. The van der Waals surface area contributed by atoms with Gasteiger partial charge in [-0.3, -0.25) is 5.41 Å². The number of aromatic nitrogens is 3. The molecule has 7 heteroatoms. The number of nitrogens with two attached hydrogens (primary N) is 1. The van der Waals surface area contributed by atoms with Crippen molar-refractivity contribution >= 4 is 28.9 Å². The summed E-state index contributed by atoms with van der Waals surface area (Å²) in [6.45, 7) is 1.93. The fraction of sp³-hybridized carbons (Fsp3) is 0.111. The minimum absolute atomic E-state index is 0.00863. The van der Waals surface area contributed by atoms with E-state index in [0.29, 0.717) is 10.6 Å². The largest absolute Gasteiger partial charge is 0.384 e. The number of aryl methyl sites for hydroxylation is 1. The molecule has 0 radical (unpaired) electrons. The average Bonchev–Trinajstić information content (AvgIpc) is 2.64. The highest BCUT2D eigenvalue weighted by molar-refractivity contribution is 8.01. The molecule has 0 fully saturated rings. The second-order valence-electron chi connectivity index (χ2n) is 3.02. The molecular formula is C9H9N5S2. The standard InChI is InChI=1S/C9H9N5S2/c1-5-4-15-9(13-5)16-8-6(7(10)11)2-3-12-14-8/h2-4H,1H3,(H3,10,11). The van der Waals surface area contributed by atoms with Crippen molar-refractivity contribution in [2.75, 3.05) is 0 Å². The summed E-state index contributed by atoms with van der Waals surface area (Å²) in [5.41, 5.74) is 7.02. The van der Waals surface area contributed by atoms with Crippen LogP contribution in [0.25, 0.3) is 0 Å². The predicted molar refractivity (Wildman–Crippen MR) is 64.0 cm³/mol. The molecule has 0 amide bonds. The summed E-state index contributed by atoms with van der Waals surface area (Å²) in [7, 11) is 0. The first-order chi connectivity index (χ1) is 7.66. The van der Waals surface area contributed by atoms with E-state index in [0.717, 1.165) is 10.0 Å². The summed E-state index contributed by atoms with van der Waals surface area (Å²) in [6, 6.07) is 1.68. The van der Waals surface area contributed by atoms with Crippen LogP contribution in [0.5, 0.6) is 0 Å². The minimum atomic E-state index is -0.00863. The number of nitrogens with zero attached hydrogens (tertiary/aromatic N) is 3. The van der Waals surface area contributed by atoms with Gasteiger partial charge in [-0.2, -0.15) is 5.10 Å². The predicted octanol–water partition coefficient (Wildman–Crippen LogP) is 1.68. The van der Waals surface area contributed by atoms with E-state index in [2.05, 4.69) is 15.2 Å². The fourth-order valence-electron chi connectivity index (χ4n) is 1.06. The van der Waals surface area contributed by atoms with Crippen LogP contribution in [-0.2, 0) is 0 Å². The smallest absolute Gasteiger partial charge is 0.156 e. The Labute approximate surface area is 101 Å². The lowest BCUT2D eigenvalue weighted by Crippen LogP contribution is -2.13. The van der Waals surface area contributed by atoms with E-state index in [1.165, 1.54) is 29.3 Å². The zero-order valence-electron chi connectivity index (χ0n) is 8.47. The summed E-state index contributed by atoms with van der Waals surface area (Å²) >= 11 is 2.91. The number of nitrogen functional groups attached to an aromatic ring is 1. The lowest BCUT2D eigenvalue weighted by Gasteiger charge is -2.02. The maximum atomic E-state index is 7.43. The normalized spacial score (nSPS) is 10.3. The number of hydrogen-bond acceptors (Lipinski definition) is 6. The molecule has 0 aliphatic rings. The summed E-state index contributed by atoms with van der Waals surface area (Å²) < 4.78 is 0.875. The van der Waals surface area contributed by atoms with Crippen molar-refractivity contribution in [3.05, 3.63) is 28.9 Å². The van der Waals surface area contributed by atoms with Gasteiger partial charge in [-0.15, -0.1) is 16.4 Å². The summed E-state index contributed by atoms with van der Waals surface area (Å²) in [6.07, 6.45) is 1.52. The van der Waals surface area contributed by atoms with E-state index in [1.54, 1.807) is 6.07 Å². The van der Waals surface area contributed by atoms with Crippen LogP contribution in [0.4, 0.5) is 0 Å². The van der Waals surface area contributed by atoms with Gasteiger partial charge in [0.15, 0.2) is 4.34 Å². The Morgan fingerprint density at radius 2 is 2.38 bits per heavy atom. The van der Waals surface area contributed by atoms with E-state index < -0.39 is 0 Å². The van der Waals surface area contributed by atoms with Gasteiger partial charge in [0.25, 0.3) is 0 Å². The first kappa shape index (κ1) is 11.0.